The van der Waals surface area contributed by atoms with Crippen molar-refractivity contribution in [3.63, 3.8) is 0 Å². The summed E-state index contributed by atoms with van der Waals surface area (Å²) in [5, 5.41) is 20.2. The summed E-state index contributed by atoms with van der Waals surface area (Å²) in [6, 6.07) is 7.91. The molecule has 0 bridgehead atoms. The molecule has 0 aliphatic heterocycles. The first-order chi connectivity index (χ1) is 9.52. The van der Waals surface area contributed by atoms with Crippen LogP contribution in [0.3, 0.4) is 0 Å². The largest absolute Gasteiger partial charge is 0.506 e. The molecule has 104 valence electrons. The number of hydrogen-bond donors (Lipinski definition) is 2. The number of nitrogens with zero attached hydrogens (tertiary/aromatic N) is 1. The molecule has 6 heteroatoms. The highest BCUT2D eigenvalue weighted by atomic mass is 79.9. The van der Waals surface area contributed by atoms with Gasteiger partial charge in [-0.05, 0) is 46.3 Å². The van der Waals surface area contributed by atoms with Gasteiger partial charge in [0.2, 0.25) is 0 Å². The van der Waals surface area contributed by atoms with E-state index in [2.05, 4.69) is 20.9 Å². The van der Waals surface area contributed by atoms with Gasteiger partial charge in [0.25, 0.3) is 0 Å². The van der Waals surface area contributed by atoms with Crippen molar-refractivity contribution in [2.75, 3.05) is 7.11 Å². The van der Waals surface area contributed by atoms with Gasteiger partial charge in [0, 0.05) is 15.7 Å². The average molecular weight is 357 g/mol. The molecule has 0 fully saturated rings. The molecule has 0 aliphatic carbocycles. The SMILES string of the molecule is COc1ccc(Br)c(C=Nc2cc(Cl)ccc2O)c1O. The van der Waals surface area contributed by atoms with Gasteiger partial charge in [0.15, 0.2) is 11.5 Å². The lowest BCUT2D eigenvalue weighted by Gasteiger charge is -2.07. The van der Waals surface area contributed by atoms with Crippen molar-refractivity contribution in [2.45, 2.75) is 0 Å². The maximum atomic E-state index is 10.0. The van der Waals surface area contributed by atoms with Crippen LogP contribution in [0.4, 0.5) is 5.69 Å². The third-order valence-corrected chi connectivity index (χ3v) is 3.54. The molecule has 0 unspecified atom stereocenters. The minimum absolute atomic E-state index is 0.00385. The Bertz CT molecular complexity index is 674. The first kappa shape index (κ1) is 14.7. The molecule has 2 N–H and O–H groups in total. The van der Waals surface area contributed by atoms with Crippen LogP contribution in [-0.2, 0) is 0 Å². The normalized spacial score (nSPS) is 10.9. The Hall–Kier alpha value is -1.72. The predicted molar refractivity (Wildman–Crippen MR) is 82.7 cm³/mol. The molecule has 2 aromatic rings. The van der Waals surface area contributed by atoms with Crippen molar-refractivity contribution < 1.29 is 14.9 Å². The summed E-state index contributed by atoms with van der Waals surface area (Å²) in [6.45, 7) is 0. The zero-order valence-electron chi connectivity index (χ0n) is 10.5. The Morgan fingerprint density at radius 3 is 2.70 bits per heavy atom. The van der Waals surface area contributed by atoms with E-state index in [-0.39, 0.29) is 11.5 Å². The van der Waals surface area contributed by atoms with Crippen LogP contribution >= 0.6 is 27.5 Å². The number of hydrogen-bond acceptors (Lipinski definition) is 4. The van der Waals surface area contributed by atoms with E-state index in [9.17, 15) is 10.2 Å². The van der Waals surface area contributed by atoms with E-state index in [1.165, 1.54) is 25.5 Å². The third kappa shape index (κ3) is 3.05. The van der Waals surface area contributed by atoms with Gasteiger partial charge in [0.1, 0.15) is 11.4 Å². The van der Waals surface area contributed by atoms with Gasteiger partial charge in [-0.15, -0.1) is 0 Å². The number of rotatable bonds is 3. The molecule has 20 heavy (non-hydrogen) atoms. The summed E-state index contributed by atoms with van der Waals surface area (Å²) in [4.78, 5) is 4.13. The standard InChI is InChI=1S/C14H11BrClNO3/c1-20-13-5-3-10(15)9(14(13)19)7-17-11-6-8(16)2-4-12(11)18/h2-7,18-19H,1H3. The Morgan fingerprint density at radius 2 is 2.00 bits per heavy atom. The van der Waals surface area contributed by atoms with Crippen LogP contribution in [0.2, 0.25) is 5.02 Å². The van der Waals surface area contributed by atoms with Crippen LogP contribution in [0.5, 0.6) is 17.2 Å². The molecular weight excluding hydrogens is 346 g/mol. The topological polar surface area (TPSA) is 62.0 Å². The van der Waals surface area contributed by atoms with Crippen molar-refractivity contribution in [1.29, 1.82) is 0 Å². The molecule has 0 saturated heterocycles. The van der Waals surface area contributed by atoms with Gasteiger partial charge in [-0.1, -0.05) is 11.6 Å². The summed E-state index contributed by atoms with van der Waals surface area (Å²) < 4.78 is 5.69. The average Bonchev–Trinajstić information content (AvgIpc) is 2.42. The Balaban J connectivity index is 2.43. The summed E-state index contributed by atoms with van der Waals surface area (Å²) in [6.07, 6.45) is 1.42. The van der Waals surface area contributed by atoms with Crippen LogP contribution < -0.4 is 4.74 Å². The molecular formula is C14H11BrClNO3. The molecule has 0 atom stereocenters. The van der Waals surface area contributed by atoms with Crippen molar-refractivity contribution in [2.24, 2.45) is 4.99 Å². The molecule has 0 saturated carbocycles. The number of halogens is 2. The van der Waals surface area contributed by atoms with Crippen LogP contribution in [-0.4, -0.2) is 23.5 Å². The van der Waals surface area contributed by atoms with Crippen molar-refractivity contribution in [3.8, 4) is 17.2 Å². The van der Waals surface area contributed by atoms with Gasteiger partial charge in [0.05, 0.1) is 12.7 Å². The van der Waals surface area contributed by atoms with Gasteiger partial charge in [-0.2, -0.15) is 0 Å². The number of phenols is 2. The molecule has 0 radical (unpaired) electrons. The highest BCUT2D eigenvalue weighted by molar-refractivity contribution is 9.10. The number of benzene rings is 2. The van der Waals surface area contributed by atoms with E-state index in [1.807, 2.05) is 0 Å². The molecule has 0 aromatic heterocycles. The molecule has 0 spiro atoms. The number of methoxy groups -OCH3 is 1. The van der Waals surface area contributed by atoms with E-state index in [0.29, 0.717) is 26.5 Å². The zero-order chi connectivity index (χ0) is 14.7. The maximum absolute atomic E-state index is 10.0. The molecule has 0 aliphatic rings. The summed E-state index contributed by atoms with van der Waals surface area (Å²) in [5.74, 6) is 0.307. The first-order valence-electron chi connectivity index (χ1n) is 5.61. The van der Waals surface area contributed by atoms with Gasteiger partial charge in [-0.3, -0.25) is 4.99 Å². The second-order valence-electron chi connectivity index (χ2n) is 3.90. The zero-order valence-corrected chi connectivity index (χ0v) is 12.8. The second-order valence-corrected chi connectivity index (χ2v) is 5.19. The van der Waals surface area contributed by atoms with Crippen molar-refractivity contribution >= 4 is 39.4 Å². The Morgan fingerprint density at radius 1 is 1.25 bits per heavy atom. The van der Waals surface area contributed by atoms with Gasteiger partial charge < -0.3 is 14.9 Å². The highest BCUT2D eigenvalue weighted by Gasteiger charge is 2.10. The number of phenolic OH excluding ortho intramolecular Hbond substituents is 2. The van der Waals surface area contributed by atoms with E-state index >= 15 is 0 Å². The van der Waals surface area contributed by atoms with Crippen LogP contribution in [0.15, 0.2) is 39.8 Å². The fourth-order valence-electron chi connectivity index (χ4n) is 1.59. The number of aliphatic imine (C=N–C) groups is 1. The highest BCUT2D eigenvalue weighted by Crippen LogP contribution is 2.35. The molecule has 2 aromatic carbocycles. The van der Waals surface area contributed by atoms with E-state index in [0.717, 1.165) is 0 Å². The summed E-state index contributed by atoms with van der Waals surface area (Å²) in [5.41, 5.74) is 0.760. The van der Waals surface area contributed by atoms with Crippen LogP contribution in [0.1, 0.15) is 5.56 Å². The van der Waals surface area contributed by atoms with Gasteiger partial charge >= 0.3 is 0 Å². The first-order valence-corrected chi connectivity index (χ1v) is 6.78. The van der Waals surface area contributed by atoms with Crippen LogP contribution in [0.25, 0.3) is 0 Å². The van der Waals surface area contributed by atoms with Crippen molar-refractivity contribution in [1.82, 2.24) is 0 Å². The lowest BCUT2D eigenvalue weighted by molar-refractivity contribution is 0.373. The van der Waals surface area contributed by atoms with Crippen LogP contribution in [0, 0.1) is 0 Å². The minimum atomic E-state index is -0.0351. The Labute approximate surface area is 129 Å². The third-order valence-electron chi connectivity index (χ3n) is 2.62. The lowest BCUT2D eigenvalue weighted by atomic mass is 10.2. The smallest absolute Gasteiger partial charge is 0.167 e. The summed E-state index contributed by atoms with van der Waals surface area (Å²) in [7, 11) is 1.46. The fourth-order valence-corrected chi connectivity index (χ4v) is 2.17. The Kier molecular flexibility index (Phi) is 4.52. The minimum Gasteiger partial charge on any atom is -0.506 e. The van der Waals surface area contributed by atoms with Crippen molar-refractivity contribution in [3.05, 3.63) is 45.4 Å². The molecule has 2 rings (SSSR count). The van der Waals surface area contributed by atoms with E-state index < -0.39 is 0 Å². The lowest BCUT2D eigenvalue weighted by Crippen LogP contribution is -1.90. The van der Waals surface area contributed by atoms with E-state index in [4.69, 9.17) is 16.3 Å². The monoisotopic (exact) mass is 355 g/mol. The van der Waals surface area contributed by atoms with Gasteiger partial charge in [-0.25, -0.2) is 0 Å². The molecule has 0 heterocycles. The predicted octanol–water partition coefficient (Wildman–Crippen LogP) is 4.27. The molecule has 0 amide bonds. The maximum Gasteiger partial charge on any atom is 0.167 e. The quantitative estimate of drug-likeness (QED) is 0.807. The number of ether oxygens (including phenoxy) is 1. The second kappa shape index (κ2) is 6.15. The van der Waals surface area contributed by atoms with E-state index in [1.54, 1.807) is 18.2 Å². The molecule has 4 nitrogen and oxygen atoms in total. The number of aromatic hydroxyl groups is 2. The summed E-state index contributed by atoms with van der Waals surface area (Å²) >= 11 is 9.17. The fraction of sp³-hybridized carbons (Fsp3) is 0.0714.